The number of halogens is 1. The highest BCUT2D eigenvalue weighted by atomic mass is 127. The molecular weight excluding hydrogens is 493 g/mol. The molecule has 0 N–H and O–H groups in total. The van der Waals surface area contributed by atoms with E-state index < -0.39 is 4.92 Å². The minimum absolute atomic E-state index is 0.0138. The van der Waals surface area contributed by atoms with Crippen LogP contribution in [0.2, 0.25) is 0 Å². The fourth-order valence-electron chi connectivity index (χ4n) is 3.17. The lowest BCUT2D eigenvalue weighted by molar-refractivity contribution is -0.384. The van der Waals surface area contributed by atoms with Crippen LogP contribution in [0, 0.1) is 13.7 Å². The molecule has 0 saturated carbocycles. The van der Waals surface area contributed by atoms with Crippen LogP contribution in [-0.2, 0) is 6.54 Å². The summed E-state index contributed by atoms with van der Waals surface area (Å²) < 4.78 is 2.59. The average Bonchev–Trinajstić information content (AvgIpc) is 2.76. The molecule has 1 heterocycles. The molecule has 0 bridgehead atoms. The molecule has 0 atom stereocenters. The van der Waals surface area contributed by atoms with Crippen molar-refractivity contribution in [1.82, 2.24) is 9.55 Å². The predicted molar refractivity (Wildman–Crippen MR) is 126 cm³/mol. The third-order valence-electron chi connectivity index (χ3n) is 4.64. The normalized spacial score (nSPS) is 11.2. The van der Waals surface area contributed by atoms with Gasteiger partial charge in [0.1, 0.15) is 5.82 Å². The highest BCUT2D eigenvalue weighted by Crippen LogP contribution is 2.18. The van der Waals surface area contributed by atoms with Crippen LogP contribution >= 0.6 is 22.6 Å². The molecule has 0 saturated heterocycles. The zero-order valence-electron chi connectivity index (χ0n) is 15.7. The Hall–Kier alpha value is -3.33. The number of nitrogens with zero attached hydrogens (tertiary/aromatic N) is 3. The highest BCUT2D eigenvalue weighted by Gasteiger charge is 2.11. The van der Waals surface area contributed by atoms with Crippen LogP contribution in [0.1, 0.15) is 17.0 Å². The van der Waals surface area contributed by atoms with Crippen molar-refractivity contribution < 1.29 is 4.92 Å². The smallest absolute Gasteiger partial charge is 0.270 e. The van der Waals surface area contributed by atoms with Crippen molar-refractivity contribution in [2.75, 3.05) is 0 Å². The van der Waals surface area contributed by atoms with Crippen molar-refractivity contribution in [3.05, 3.63) is 114 Å². The van der Waals surface area contributed by atoms with Crippen LogP contribution in [0.25, 0.3) is 23.1 Å². The van der Waals surface area contributed by atoms with Gasteiger partial charge < -0.3 is 0 Å². The quantitative estimate of drug-likeness (QED) is 0.212. The van der Waals surface area contributed by atoms with E-state index in [0.717, 1.165) is 9.13 Å². The van der Waals surface area contributed by atoms with E-state index in [9.17, 15) is 14.9 Å². The Morgan fingerprint density at radius 2 is 1.80 bits per heavy atom. The molecule has 4 aromatic rings. The molecular formula is C23H16IN3O3. The maximum absolute atomic E-state index is 13.3. The van der Waals surface area contributed by atoms with E-state index in [2.05, 4.69) is 27.6 Å². The van der Waals surface area contributed by atoms with Crippen LogP contribution < -0.4 is 5.56 Å². The van der Waals surface area contributed by atoms with Gasteiger partial charge in [-0.25, -0.2) is 4.98 Å². The number of nitro groups is 1. The number of aromatic nitrogens is 2. The van der Waals surface area contributed by atoms with E-state index in [1.807, 2.05) is 48.5 Å². The van der Waals surface area contributed by atoms with Crippen LogP contribution in [0.4, 0.5) is 5.69 Å². The first-order valence-electron chi connectivity index (χ1n) is 9.18. The molecule has 0 radical (unpaired) electrons. The molecule has 0 aliphatic carbocycles. The molecule has 6 nitrogen and oxygen atoms in total. The average molecular weight is 509 g/mol. The molecule has 0 aliphatic heterocycles. The van der Waals surface area contributed by atoms with Gasteiger partial charge in [-0.3, -0.25) is 19.5 Å². The van der Waals surface area contributed by atoms with E-state index >= 15 is 0 Å². The van der Waals surface area contributed by atoms with E-state index in [-0.39, 0.29) is 11.2 Å². The van der Waals surface area contributed by atoms with Crippen LogP contribution in [0.15, 0.2) is 77.6 Å². The second-order valence-corrected chi connectivity index (χ2v) is 7.94. The predicted octanol–water partition coefficient (Wildman–Crippen LogP) is 5.13. The number of non-ortho nitro benzene ring substituents is 1. The lowest BCUT2D eigenvalue weighted by Gasteiger charge is -2.12. The molecule has 4 rings (SSSR count). The van der Waals surface area contributed by atoms with Crippen LogP contribution in [0.3, 0.4) is 0 Å². The summed E-state index contributed by atoms with van der Waals surface area (Å²) in [4.78, 5) is 28.5. The largest absolute Gasteiger partial charge is 0.288 e. The van der Waals surface area contributed by atoms with Crippen molar-refractivity contribution in [1.29, 1.82) is 0 Å². The van der Waals surface area contributed by atoms with E-state index in [0.29, 0.717) is 28.8 Å². The van der Waals surface area contributed by atoms with Gasteiger partial charge in [-0.1, -0.05) is 48.5 Å². The van der Waals surface area contributed by atoms with Crippen LogP contribution in [0.5, 0.6) is 0 Å². The number of hydrogen-bond acceptors (Lipinski definition) is 4. The summed E-state index contributed by atoms with van der Waals surface area (Å²) in [7, 11) is 0. The Morgan fingerprint density at radius 1 is 1.00 bits per heavy atom. The van der Waals surface area contributed by atoms with Crippen LogP contribution in [-0.4, -0.2) is 14.5 Å². The number of hydrogen-bond donors (Lipinski definition) is 0. The van der Waals surface area contributed by atoms with E-state index in [1.165, 1.54) is 12.1 Å². The first kappa shape index (κ1) is 20.0. The number of rotatable bonds is 5. The zero-order chi connectivity index (χ0) is 21.1. The molecule has 0 amide bonds. The van der Waals surface area contributed by atoms with Crippen molar-refractivity contribution in [2.24, 2.45) is 0 Å². The van der Waals surface area contributed by atoms with Crippen molar-refractivity contribution in [2.45, 2.75) is 6.54 Å². The fraction of sp³-hybridized carbons (Fsp3) is 0.0435. The summed E-state index contributed by atoms with van der Waals surface area (Å²) in [6.07, 6.45) is 3.45. The third-order valence-corrected chi connectivity index (χ3v) is 5.31. The molecule has 0 fully saturated rings. The van der Waals surface area contributed by atoms with Crippen molar-refractivity contribution in [3.8, 4) is 0 Å². The van der Waals surface area contributed by atoms with Gasteiger partial charge in [-0.05, 0) is 58.0 Å². The summed E-state index contributed by atoms with van der Waals surface area (Å²) in [5.41, 5.74) is 2.15. The summed E-state index contributed by atoms with van der Waals surface area (Å²) in [5.74, 6) is 0.490. The Balaban J connectivity index is 1.84. The second-order valence-electron chi connectivity index (χ2n) is 6.69. The van der Waals surface area contributed by atoms with E-state index in [1.54, 1.807) is 28.9 Å². The maximum atomic E-state index is 13.3. The Morgan fingerprint density at radius 3 is 2.57 bits per heavy atom. The van der Waals surface area contributed by atoms with Gasteiger partial charge in [0, 0.05) is 15.7 Å². The molecule has 3 aromatic carbocycles. The summed E-state index contributed by atoms with van der Waals surface area (Å²) in [6, 6.07) is 21.6. The minimum atomic E-state index is -0.432. The van der Waals surface area contributed by atoms with Gasteiger partial charge in [0.05, 0.1) is 22.4 Å². The van der Waals surface area contributed by atoms with Gasteiger partial charge >= 0.3 is 0 Å². The third kappa shape index (κ3) is 4.30. The SMILES string of the molecule is O=c1c2cc(I)ccc2nc(C=Cc2cccc([N+](=O)[O-])c2)n1Cc1ccccc1. The molecule has 148 valence electrons. The monoisotopic (exact) mass is 509 g/mol. The second kappa shape index (κ2) is 8.58. The van der Waals surface area contributed by atoms with E-state index in [4.69, 9.17) is 0 Å². The Kier molecular flexibility index (Phi) is 5.71. The minimum Gasteiger partial charge on any atom is -0.288 e. The van der Waals surface area contributed by atoms with Gasteiger partial charge in [0.15, 0.2) is 0 Å². The van der Waals surface area contributed by atoms with Gasteiger partial charge in [0.2, 0.25) is 0 Å². The Labute approximate surface area is 185 Å². The number of fused-ring (bicyclic) bond motifs is 1. The van der Waals surface area contributed by atoms with Crippen molar-refractivity contribution >= 4 is 51.3 Å². The number of nitro benzene ring substituents is 1. The summed E-state index contributed by atoms with van der Waals surface area (Å²) >= 11 is 2.18. The Bertz CT molecular complexity index is 1330. The summed E-state index contributed by atoms with van der Waals surface area (Å²) in [6.45, 7) is 0.378. The fourth-order valence-corrected chi connectivity index (χ4v) is 3.66. The molecule has 7 heteroatoms. The van der Waals surface area contributed by atoms with Gasteiger partial charge in [0.25, 0.3) is 11.2 Å². The van der Waals surface area contributed by atoms with Crippen molar-refractivity contribution in [3.63, 3.8) is 0 Å². The topological polar surface area (TPSA) is 78.0 Å². The molecule has 30 heavy (non-hydrogen) atoms. The standard InChI is InChI=1S/C23H16IN3O3/c24-18-10-11-21-20(14-18)23(28)26(15-17-5-2-1-3-6-17)22(25-21)12-9-16-7-4-8-19(13-16)27(29)30/h1-14H,15H2. The maximum Gasteiger partial charge on any atom is 0.270 e. The molecule has 0 spiro atoms. The molecule has 0 unspecified atom stereocenters. The molecule has 1 aromatic heterocycles. The lowest BCUT2D eigenvalue weighted by Crippen LogP contribution is -2.24. The first-order valence-corrected chi connectivity index (χ1v) is 10.3. The highest BCUT2D eigenvalue weighted by molar-refractivity contribution is 14.1. The zero-order valence-corrected chi connectivity index (χ0v) is 17.9. The lowest BCUT2D eigenvalue weighted by atomic mass is 10.1. The van der Waals surface area contributed by atoms with Gasteiger partial charge in [-0.2, -0.15) is 0 Å². The first-order chi connectivity index (χ1) is 14.5. The number of benzene rings is 3. The molecule has 0 aliphatic rings. The summed E-state index contributed by atoms with van der Waals surface area (Å²) in [5, 5.41) is 11.6. The van der Waals surface area contributed by atoms with Gasteiger partial charge in [-0.15, -0.1) is 0 Å².